The second-order valence-electron chi connectivity index (χ2n) is 6.70. The Labute approximate surface area is 116 Å². The monoisotopic (exact) mass is 266 g/mol. The first-order chi connectivity index (χ1) is 8.66. The van der Waals surface area contributed by atoms with Crippen LogP contribution in [0.3, 0.4) is 0 Å². The molecule has 2 nitrogen and oxygen atoms in total. The van der Waals surface area contributed by atoms with E-state index in [1.807, 2.05) is 19.9 Å². The molecule has 1 aromatic carbocycles. The fraction of sp³-hybridized carbons (Fsp3) is 0.625. The lowest BCUT2D eigenvalue weighted by Crippen LogP contribution is -2.33. The normalized spacial score (nSPS) is 15.4. The maximum atomic E-state index is 14.2. The van der Waals surface area contributed by atoms with Crippen LogP contribution >= 0.6 is 0 Å². The van der Waals surface area contributed by atoms with Gasteiger partial charge in [0.1, 0.15) is 5.82 Å². The minimum atomic E-state index is -0.165. The molecule has 0 aliphatic carbocycles. The van der Waals surface area contributed by atoms with Crippen LogP contribution in [-0.4, -0.2) is 0 Å². The molecule has 0 aromatic heterocycles. The molecule has 108 valence electrons. The zero-order valence-electron chi connectivity index (χ0n) is 13.0. The minimum Gasteiger partial charge on any atom is -0.271 e. The maximum absolute atomic E-state index is 14.2. The van der Waals surface area contributed by atoms with Crippen molar-refractivity contribution in [3.05, 3.63) is 34.6 Å². The number of rotatable bonds is 4. The molecule has 0 heterocycles. The van der Waals surface area contributed by atoms with E-state index in [1.165, 1.54) is 0 Å². The molecule has 0 fully saturated rings. The van der Waals surface area contributed by atoms with Gasteiger partial charge in [0.2, 0.25) is 0 Å². The zero-order chi connectivity index (χ0) is 14.8. The van der Waals surface area contributed by atoms with Crippen LogP contribution in [0.25, 0.3) is 0 Å². The molecule has 1 rings (SSSR count). The van der Waals surface area contributed by atoms with Crippen molar-refractivity contribution in [2.75, 3.05) is 0 Å². The van der Waals surface area contributed by atoms with Crippen LogP contribution in [0.15, 0.2) is 12.1 Å². The van der Waals surface area contributed by atoms with Gasteiger partial charge in [-0.25, -0.2) is 4.39 Å². The lowest BCUT2D eigenvalue weighted by atomic mass is 9.77. The fourth-order valence-corrected chi connectivity index (χ4v) is 2.34. The first kappa shape index (κ1) is 16.1. The number of aryl methyl sites for hydroxylation is 2. The van der Waals surface area contributed by atoms with Crippen molar-refractivity contribution in [3.8, 4) is 0 Å². The Bertz CT molecular complexity index is 412. The van der Waals surface area contributed by atoms with E-state index >= 15 is 0 Å². The van der Waals surface area contributed by atoms with Gasteiger partial charge >= 0.3 is 0 Å². The highest BCUT2D eigenvalue weighted by atomic mass is 19.1. The van der Waals surface area contributed by atoms with Gasteiger partial charge in [-0.3, -0.25) is 11.3 Å². The molecule has 0 bridgehead atoms. The third kappa shape index (κ3) is 4.02. The minimum absolute atomic E-state index is 0.144. The average Bonchev–Trinajstić information content (AvgIpc) is 2.24. The highest BCUT2D eigenvalue weighted by molar-refractivity contribution is 5.34. The largest absolute Gasteiger partial charge is 0.271 e. The summed E-state index contributed by atoms with van der Waals surface area (Å²) in [5.74, 6) is 5.93. The Hall–Kier alpha value is -0.930. The van der Waals surface area contributed by atoms with Crippen LogP contribution in [0.5, 0.6) is 0 Å². The van der Waals surface area contributed by atoms with Crippen molar-refractivity contribution in [3.63, 3.8) is 0 Å². The molecule has 0 amide bonds. The number of nitrogens with one attached hydrogen (secondary N) is 1. The van der Waals surface area contributed by atoms with E-state index in [2.05, 4.69) is 33.1 Å². The van der Waals surface area contributed by atoms with E-state index in [0.717, 1.165) is 17.5 Å². The molecule has 0 saturated carbocycles. The number of hydrogen-bond donors (Lipinski definition) is 2. The van der Waals surface area contributed by atoms with Crippen LogP contribution in [-0.2, 0) is 0 Å². The molecule has 0 aliphatic rings. The Kier molecular flexibility index (Phi) is 5.11. The van der Waals surface area contributed by atoms with Gasteiger partial charge < -0.3 is 0 Å². The first-order valence-corrected chi connectivity index (χ1v) is 6.89. The highest BCUT2D eigenvalue weighted by Gasteiger charge is 2.26. The number of hydrazine groups is 1. The number of benzene rings is 1. The summed E-state index contributed by atoms with van der Waals surface area (Å²) in [7, 11) is 0. The summed E-state index contributed by atoms with van der Waals surface area (Å²) < 4.78 is 14.2. The molecule has 0 aliphatic heterocycles. The fourth-order valence-electron chi connectivity index (χ4n) is 2.34. The van der Waals surface area contributed by atoms with E-state index in [4.69, 9.17) is 5.84 Å². The van der Waals surface area contributed by atoms with Crippen LogP contribution in [0.2, 0.25) is 0 Å². The van der Waals surface area contributed by atoms with Gasteiger partial charge in [0.15, 0.2) is 0 Å². The van der Waals surface area contributed by atoms with Crippen molar-refractivity contribution in [1.29, 1.82) is 0 Å². The molecule has 3 N–H and O–H groups in total. The van der Waals surface area contributed by atoms with Crippen LogP contribution < -0.4 is 11.3 Å². The molecule has 0 saturated heterocycles. The summed E-state index contributed by atoms with van der Waals surface area (Å²) in [4.78, 5) is 0. The molecule has 0 radical (unpaired) electrons. The molecule has 19 heavy (non-hydrogen) atoms. The third-order valence-corrected chi connectivity index (χ3v) is 4.10. The predicted octanol–water partition coefficient (Wildman–Crippen LogP) is 4.02. The van der Waals surface area contributed by atoms with Crippen LogP contribution in [0.1, 0.15) is 56.8 Å². The van der Waals surface area contributed by atoms with Gasteiger partial charge in [0, 0.05) is 11.6 Å². The van der Waals surface area contributed by atoms with Crippen molar-refractivity contribution in [2.45, 2.75) is 54.0 Å². The van der Waals surface area contributed by atoms with E-state index in [9.17, 15) is 4.39 Å². The summed E-state index contributed by atoms with van der Waals surface area (Å²) in [6, 6.07) is 3.44. The van der Waals surface area contributed by atoms with Crippen LogP contribution in [0.4, 0.5) is 4.39 Å². The quantitative estimate of drug-likeness (QED) is 0.638. The highest BCUT2D eigenvalue weighted by Crippen LogP contribution is 2.34. The summed E-state index contributed by atoms with van der Waals surface area (Å²) >= 11 is 0. The SMILES string of the molecule is Cc1cc(C)c(C(CC(C)C(C)(C)C)NN)c(F)c1. The van der Waals surface area contributed by atoms with Gasteiger partial charge in [0.05, 0.1) is 0 Å². The average molecular weight is 266 g/mol. The molecular formula is C16H27FN2. The second kappa shape index (κ2) is 6.02. The number of hydrogen-bond acceptors (Lipinski definition) is 2. The number of nitrogens with two attached hydrogens (primary N) is 1. The molecule has 2 atom stereocenters. The van der Waals surface area contributed by atoms with Crippen LogP contribution in [0, 0.1) is 31.0 Å². The second-order valence-corrected chi connectivity index (χ2v) is 6.70. The van der Waals surface area contributed by atoms with Gasteiger partial charge in [0.25, 0.3) is 0 Å². The summed E-state index contributed by atoms with van der Waals surface area (Å²) in [5.41, 5.74) is 5.57. The standard InChI is InChI=1S/C16H27FN2/c1-10-7-11(2)15(13(17)8-10)14(19-18)9-12(3)16(4,5)6/h7-8,12,14,19H,9,18H2,1-6H3. The Morgan fingerprint density at radius 1 is 1.26 bits per heavy atom. The van der Waals surface area contributed by atoms with Crippen molar-refractivity contribution in [1.82, 2.24) is 5.43 Å². The van der Waals surface area contributed by atoms with Crippen molar-refractivity contribution < 1.29 is 4.39 Å². The van der Waals surface area contributed by atoms with Gasteiger partial charge in [-0.2, -0.15) is 0 Å². The lowest BCUT2D eigenvalue weighted by molar-refractivity contribution is 0.222. The van der Waals surface area contributed by atoms with Crippen molar-refractivity contribution in [2.24, 2.45) is 17.2 Å². The Balaban J connectivity index is 3.05. The van der Waals surface area contributed by atoms with E-state index in [0.29, 0.717) is 11.5 Å². The van der Waals surface area contributed by atoms with Gasteiger partial charge in [-0.15, -0.1) is 0 Å². The lowest BCUT2D eigenvalue weighted by Gasteiger charge is -2.31. The zero-order valence-corrected chi connectivity index (χ0v) is 13.0. The molecular weight excluding hydrogens is 239 g/mol. The van der Waals surface area contributed by atoms with E-state index < -0.39 is 0 Å². The molecule has 1 aromatic rings. The van der Waals surface area contributed by atoms with E-state index in [1.54, 1.807) is 6.07 Å². The first-order valence-electron chi connectivity index (χ1n) is 6.89. The summed E-state index contributed by atoms with van der Waals surface area (Å²) in [6.45, 7) is 12.6. The Morgan fingerprint density at radius 3 is 2.26 bits per heavy atom. The number of halogens is 1. The Morgan fingerprint density at radius 2 is 1.84 bits per heavy atom. The molecule has 0 spiro atoms. The maximum Gasteiger partial charge on any atom is 0.128 e. The molecule has 3 heteroatoms. The van der Waals surface area contributed by atoms with Gasteiger partial charge in [-0.05, 0) is 48.8 Å². The van der Waals surface area contributed by atoms with Crippen molar-refractivity contribution >= 4 is 0 Å². The summed E-state index contributed by atoms with van der Waals surface area (Å²) in [5, 5.41) is 0. The summed E-state index contributed by atoms with van der Waals surface area (Å²) in [6.07, 6.45) is 0.820. The third-order valence-electron chi connectivity index (χ3n) is 4.10. The van der Waals surface area contributed by atoms with E-state index in [-0.39, 0.29) is 17.3 Å². The topological polar surface area (TPSA) is 38.0 Å². The molecule has 2 unspecified atom stereocenters. The smallest absolute Gasteiger partial charge is 0.128 e. The van der Waals surface area contributed by atoms with Gasteiger partial charge in [-0.1, -0.05) is 33.8 Å². The predicted molar refractivity (Wildman–Crippen MR) is 79.2 cm³/mol.